The monoisotopic (exact) mass is 366 g/mol. The van der Waals surface area contributed by atoms with Crippen LogP contribution in [0.3, 0.4) is 0 Å². The number of rotatable bonds is 7. The van der Waals surface area contributed by atoms with Crippen molar-refractivity contribution in [3.63, 3.8) is 0 Å². The molecule has 0 fully saturated rings. The van der Waals surface area contributed by atoms with Crippen molar-refractivity contribution in [2.75, 3.05) is 13.1 Å². The van der Waals surface area contributed by atoms with E-state index >= 15 is 0 Å². The Hall–Kier alpha value is -3.48. The van der Waals surface area contributed by atoms with E-state index in [9.17, 15) is 14.0 Å². The molecule has 0 bridgehead atoms. The number of para-hydroxylation sites is 1. The van der Waals surface area contributed by atoms with Crippen LogP contribution >= 0.6 is 0 Å². The molecule has 0 saturated carbocycles. The van der Waals surface area contributed by atoms with Crippen molar-refractivity contribution in [2.24, 2.45) is 0 Å². The third-order valence-electron chi connectivity index (χ3n) is 3.85. The molecule has 1 aromatic heterocycles. The Balaban J connectivity index is 1.41. The van der Waals surface area contributed by atoms with Crippen molar-refractivity contribution in [2.45, 2.75) is 6.42 Å². The van der Waals surface area contributed by atoms with Crippen LogP contribution in [0.15, 0.2) is 66.9 Å². The quantitative estimate of drug-likeness (QED) is 0.629. The number of benzene rings is 2. The minimum atomic E-state index is -0.337. The lowest BCUT2D eigenvalue weighted by molar-refractivity contribution is -0.120. The van der Waals surface area contributed by atoms with Crippen LogP contribution in [-0.2, 0) is 11.2 Å². The van der Waals surface area contributed by atoms with Crippen molar-refractivity contribution in [1.29, 1.82) is 0 Å². The fourth-order valence-corrected chi connectivity index (χ4v) is 2.49. The molecule has 2 N–H and O–H groups in total. The van der Waals surface area contributed by atoms with E-state index in [-0.39, 0.29) is 30.6 Å². The minimum absolute atomic E-state index is 0.162. The van der Waals surface area contributed by atoms with E-state index in [0.717, 1.165) is 11.3 Å². The van der Waals surface area contributed by atoms with Gasteiger partial charge >= 0.3 is 0 Å². The summed E-state index contributed by atoms with van der Waals surface area (Å²) in [5.41, 5.74) is 1.89. The highest BCUT2D eigenvalue weighted by Crippen LogP contribution is 2.06. The third-order valence-corrected chi connectivity index (χ3v) is 3.85. The van der Waals surface area contributed by atoms with Crippen LogP contribution in [0.1, 0.15) is 16.1 Å². The molecule has 0 aliphatic heterocycles. The van der Waals surface area contributed by atoms with Gasteiger partial charge in [0, 0.05) is 19.3 Å². The average molecular weight is 366 g/mol. The molecule has 2 aromatic carbocycles. The van der Waals surface area contributed by atoms with Crippen LogP contribution in [0.2, 0.25) is 0 Å². The summed E-state index contributed by atoms with van der Waals surface area (Å²) >= 11 is 0. The van der Waals surface area contributed by atoms with Gasteiger partial charge in [0.1, 0.15) is 5.82 Å². The molecule has 3 aromatic rings. The van der Waals surface area contributed by atoms with Gasteiger partial charge in [-0.05, 0) is 35.9 Å². The van der Waals surface area contributed by atoms with Gasteiger partial charge in [-0.1, -0.05) is 30.3 Å². The molecule has 0 unspecified atom stereocenters. The molecule has 138 valence electrons. The van der Waals surface area contributed by atoms with Gasteiger partial charge in [0.25, 0.3) is 5.91 Å². The lowest BCUT2D eigenvalue weighted by atomic mass is 10.1. The number of hydrogen-bond donors (Lipinski definition) is 2. The van der Waals surface area contributed by atoms with E-state index in [1.54, 1.807) is 29.1 Å². The molecule has 6 nitrogen and oxygen atoms in total. The van der Waals surface area contributed by atoms with Gasteiger partial charge in [-0.2, -0.15) is 5.10 Å². The molecule has 0 aliphatic carbocycles. The maximum atomic E-state index is 12.8. The topological polar surface area (TPSA) is 76.0 Å². The third kappa shape index (κ3) is 5.24. The molecule has 1 heterocycles. The molecule has 0 saturated heterocycles. The van der Waals surface area contributed by atoms with Gasteiger partial charge in [0.2, 0.25) is 5.91 Å². The fourth-order valence-electron chi connectivity index (χ4n) is 2.49. The van der Waals surface area contributed by atoms with Crippen molar-refractivity contribution in [3.8, 4) is 5.69 Å². The lowest BCUT2D eigenvalue weighted by Crippen LogP contribution is -2.35. The Bertz CT molecular complexity index is 907. The summed E-state index contributed by atoms with van der Waals surface area (Å²) in [5.74, 6) is -0.835. The van der Waals surface area contributed by atoms with Crippen LogP contribution in [0.25, 0.3) is 5.69 Å². The highest BCUT2D eigenvalue weighted by molar-refractivity contribution is 5.92. The Morgan fingerprint density at radius 2 is 1.63 bits per heavy atom. The second kappa shape index (κ2) is 8.75. The first-order valence-corrected chi connectivity index (χ1v) is 8.52. The number of amides is 2. The highest BCUT2D eigenvalue weighted by Gasteiger charge is 2.10. The maximum absolute atomic E-state index is 12.8. The zero-order chi connectivity index (χ0) is 19.1. The van der Waals surface area contributed by atoms with Gasteiger partial charge < -0.3 is 10.6 Å². The number of nitrogens with one attached hydrogen (secondary N) is 2. The van der Waals surface area contributed by atoms with E-state index in [4.69, 9.17) is 0 Å². The first-order valence-electron chi connectivity index (χ1n) is 8.52. The Kier molecular flexibility index (Phi) is 5.94. The van der Waals surface area contributed by atoms with E-state index in [2.05, 4.69) is 15.7 Å². The standard InChI is InChI=1S/C20H19FN4O2/c21-16-8-6-15(7-9-16)14-19(26)22-11-12-23-20(27)18-10-13-25(24-18)17-4-2-1-3-5-17/h1-10,13H,11-12,14H2,(H,22,26)(H,23,27). The summed E-state index contributed by atoms with van der Waals surface area (Å²) in [5, 5.41) is 9.67. The number of aromatic nitrogens is 2. The Morgan fingerprint density at radius 3 is 2.37 bits per heavy atom. The SMILES string of the molecule is O=C(Cc1ccc(F)cc1)NCCNC(=O)c1ccn(-c2ccccc2)n1. The molecule has 0 atom stereocenters. The van der Waals surface area contributed by atoms with E-state index < -0.39 is 0 Å². The first-order chi connectivity index (χ1) is 13.1. The fraction of sp³-hybridized carbons (Fsp3) is 0.150. The number of nitrogens with zero attached hydrogens (tertiary/aromatic N) is 2. The lowest BCUT2D eigenvalue weighted by Gasteiger charge is -2.06. The molecular weight excluding hydrogens is 347 g/mol. The number of carbonyl (C=O) groups is 2. The number of carbonyl (C=O) groups excluding carboxylic acids is 2. The molecule has 3 rings (SSSR count). The maximum Gasteiger partial charge on any atom is 0.271 e. The molecule has 0 radical (unpaired) electrons. The zero-order valence-electron chi connectivity index (χ0n) is 14.6. The Labute approximate surface area is 156 Å². The van der Waals surface area contributed by atoms with Gasteiger partial charge in [-0.15, -0.1) is 0 Å². The molecule has 27 heavy (non-hydrogen) atoms. The predicted octanol–water partition coefficient (Wildman–Crippen LogP) is 2.10. The van der Waals surface area contributed by atoms with Crippen LogP contribution in [0.4, 0.5) is 4.39 Å². The van der Waals surface area contributed by atoms with Crippen molar-refractivity contribution in [3.05, 3.63) is 83.9 Å². The predicted molar refractivity (Wildman–Crippen MR) is 99.0 cm³/mol. The van der Waals surface area contributed by atoms with Gasteiger partial charge in [-0.25, -0.2) is 9.07 Å². The largest absolute Gasteiger partial charge is 0.354 e. The average Bonchev–Trinajstić information content (AvgIpc) is 3.18. The minimum Gasteiger partial charge on any atom is -0.354 e. The highest BCUT2D eigenvalue weighted by atomic mass is 19.1. The van der Waals surface area contributed by atoms with Gasteiger partial charge in [-0.3, -0.25) is 9.59 Å². The summed E-state index contributed by atoms with van der Waals surface area (Å²) in [6.07, 6.45) is 1.88. The normalized spacial score (nSPS) is 10.4. The van der Waals surface area contributed by atoms with Crippen molar-refractivity contribution in [1.82, 2.24) is 20.4 Å². The zero-order valence-corrected chi connectivity index (χ0v) is 14.6. The van der Waals surface area contributed by atoms with Crippen molar-refractivity contribution >= 4 is 11.8 Å². The van der Waals surface area contributed by atoms with Gasteiger partial charge in [0.15, 0.2) is 5.69 Å². The van der Waals surface area contributed by atoms with Crippen LogP contribution < -0.4 is 10.6 Å². The summed E-state index contributed by atoms with van der Waals surface area (Å²) in [6, 6.07) is 16.9. The van der Waals surface area contributed by atoms with Crippen LogP contribution in [0, 0.1) is 5.82 Å². The first kappa shape index (κ1) is 18.3. The number of halogens is 1. The molecular formula is C20H19FN4O2. The summed E-state index contributed by atoms with van der Waals surface area (Å²) in [6.45, 7) is 0.581. The molecule has 0 spiro atoms. The number of hydrogen-bond acceptors (Lipinski definition) is 3. The molecule has 2 amide bonds. The van der Waals surface area contributed by atoms with Crippen LogP contribution in [0.5, 0.6) is 0 Å². The van der Waals surface area contributed by atoms with E-state index in [0.29, 0.717) is 12.2 Å². The molecule has 7 heteroatoms. The van der Waals surface area contributed by atoms with Gasteiger partial charge in [0.05, 0.1) is 12.1 Å². The summed E-state index contributed by atoms with van der Waals surface area (Å²) in [7, 11) is 0. The molecule has 0 aliphatic rings. The Morgan fingerprint density at radius 1 is 0.926 bits per heavy atom. The summed E-state index contributed by atoms with van der Waals surface area (Å²) in [4.78, 5) is 24.0. The van der Waals surface area contributed by atoms with Crippen LogP contribution in [-0.4, -0.2) is 34.7 Å². The second-order valence-corrected chi connectivity index (χ2v) is 5.89. The summed E-state index contributed by atoms with van der Waals surface area (Å²) < 4.78 is 14.5. The van der Waals surface area contributed by atoms with Crippen molar-refractivity contribution < 1.29 is 14.0 Å². The smallest absolute Gasteiger partial charge is 0.271 e. The second-order valence-electron chi connectivity index (χ2n) is 5.89. The van der Waals surface area contributed by atoms with E-state index in [1.807, 2.05) is 30.3 Å². The van der Waals surface area contributed by atoms with E-state index in [1.165, 1.54) is 12.1 Å².